The molecular formula is C25H30FN3O4. The third-order valence-electron chi connectivity index (χ3n) is 5.47. The number of hydrogen-bond donors (Lipinski definition) is 2. The molecule has 0 radical (unpaired) electrons. The number of nitrogens with two attached hydrogens (primary N) is 1. The average molecular weight is 456 g/mol. The highest BCUT2D eigenvalue weighted by Gasteiger charge is 2.32. The first-order valence-corrected chi connectivity index (χ1v) is 11.0. The highest BCUT2D eigenvalue weighted by Crippen LogP contribution is 2.34. The number of ether oxygens (including phenoxy) is 1. The average Bonchev–Trinajstić information content (AvgIpc) is 3.22. The summed E-state index contributed by atoms with van der Waals surface area (Å²) in [4.78, 5) is 38.9. The van der Waals surface area contributed by atoms with E-state index >= 15 is 0 Å². The van der Waals surface area contributed by atoms with Crippen molar-refractivity contribution in [2.45, 2.75) is 57.7 Å². The van der Waals surface area contributed by atoms with E-state index in [0.29, 0.717) is 17.7 Å². The largest absolute Gasteiger partial charge is 0.444 e. The molecule has 3 rings (SSSR count). The van der Waals surface area contributed by atoms with Gasteiger partial charge in [-0.1, -0.05) is 24.3 Å². The first-order valence-electron chi connectivity index (χ1n) is 11.0. The van der Waals surface area contributed by atoms with Crippen LogP contribution in [-0.2, 0) is 9.53 Å². The Morgan fingerprint density at radius 3 is 2.48 bits per heavy atom. The summed E-state index contributed by atoms with van der Waals surface area (Å²) < 4.78 is 19.1. The van der Waals surface area contributed by atoms with Crippen molar-refractivity contribution in [2.75, 3.05) is 6.54 Å². The molecule has 3 N–H and O–H groups in total. The van der Waals surface area contributed by atoms with Crippen molar-refractivity contribution in [3.05, 3.63) is 71.0 Å². The molecule has 3 amide bonds. The Hall–Kier alpha value is -3.42. The third kappa shape index (κ3) is 6.54. The second-order valence-electron chi connectivity index (χ2n) is 9.19. The fourth-order valence-electron chi connectivity index (χ4n) is 4.00. The second kappa shape index (κ2) is 10.0. The molecular weight excluding hydrogens is 425 g/mol. The van der Waals surface area contributed by atoms with Gasteiger partial charge in [-0.15, -0.1) is 0 Å². The van der Waals surface area contributed by atoms with Gasteiger partial charge >= 0.3 is 6.09 Å². The highest BCUT2D eigenvalue weighted by atomic mass is 19.1. The molecule has 2 unspecified atom stereocenters. The normalized spacial score (nSPS) is 16.8. The first-order chi connectivity index (χ1) is 15.5. The van der Waals surface area contributed by atoms with E-state index in [2.05, 4.69) is 5.32 Å². The number of nitrogens with zero attached hydrogens (tertiary/aromatic N) is 1. The lowest BCUT2D eigenvalue weighted by Crippen LogP contribution is -2.38. The van der Waals surface area contributed by atoms with Gasteiger partial charge < -0.3 is 20.7 Å². The monoisotopic (exact) mass is 455 g/mol. The van der Waals surface area contributed by atoms with Gasteiger partial charge in [-0.2, -0.15) is 0 Å². The molecule has 1 aliphatic heterocycles. The van der Waals surface area contributed by atoms with Crippen LogP contribution in [0.15, 0.2) is 48.5 Å². The lowest BCUT2D eigenvalue weighted by Gasteiger charge is -2.28. The maximum Gasteiger partial charge on any atom is 0.408 e. The van der Waals surface area contributed by atoms with Crippen LogP contribution in [0.3, 0.4) is 0 Å². The topological polar surface area (TPSA) is 102 Å². The van der Waals surface area contributed by atoms with Gasteiger partial charge in [0.25, 0.3) is 0 Å². The van der Waals surface area contributed by atoms with Crippen molar-refractivity contribution in [1.29, 1.82) is 0 Å². The van der Waals surface area contributed by atoms with Crippen LogP contribution < -0.4 is 11.1 Å². The fraction of sp³-hybridized carbons (Fsp3) is 0.400. The maximum absolute atomic E-state index is 13.8. The predicted molar refractivity (Wildman–Crippen MR) is 122 cm³/mol. The quantitative estimate of drug-likeness (QED) is 0.680. The molecule has 8 heteroatoms. The number of primary amides is 1. The zero-order valence-electron chi connectivity index (χ0n) is 19.1. The molecule has 1 fully saturated rings. The van der Waals surface area contributed by atoms with Crippen LogP contribution in [0.4, 0.5) is 9.18 Å². The van der Waals surface area contributed by atoms with Crippen molar-refractivity contribution in [1.82, 2.24) is 10.2 Å². The minimum Gasteiger partial charge on any atom is -0.444 e. The minimum absolute atomic E-state index is 0.0129. The van der Waals surface area contributed by atoms with Crippen molar-refractivity contribution in [3.63, 3.8) is 0 Å². The van der Waals surface area contributed by atoms with Crippen LogP contribution in [0.1, 0.15) is 73.6 Å². The third-order valence-corrected chi connectivity index (χ3v) is 5.47. The van der Waals surface area contributed by atoms with E-state index in [1.807, 2.05) is 6.07 Å². The van der Waals surface area contributed by atoms with Crippen LogP contribution in [0.2, 0.25) is 0 Å². The first kappa shape index (κ1) is 24.2. The number of carbonyl (C=O) groups is 3. The van der Waals surface area contributed by atoms with E-state index in [9.17, 15) is 18.8 Å². The summed E-state index contributed by atoms with van der Waals surface area (Å²) in [6.45, 7) is 5.81. The summed E-state index contributed by atoms with van der Waals surface area (Å²) >= 11 is 0. The van der Waals surface area contributed by atoms with Crippen LogP contribution >= 0.6 is 0 Å². The van der Waals surface area contributed by atoms with Gasteiger partial charge in [0, 0.05) is 12.1 Å². The number of carbonyl (C=O) groups excluding carboxylic acids is 3. The summed E-state index contributed by atoms with van der Waals surface area (Å²) in [5.74, 6) is -1.07. The number of likely N-dealkylation sites (tertiary alicyclic amines) is 1. The van der Waals surface area contributed by atoms with Gasteiger partial charge in [0.1, 0.15) is 11.4 Å². The standard InChI is InChI=1S/C25H30FN3O4/c1-25(2,3)33-24(32)28-20(16-9-11-17(12-10-16)23(27)31)15-22(30)29-13-5-8-21(29)18-6-4-7-19(26)14-18/h4,6-7,9-12,14,20-21H,5,8,13,15H2,1-3H3,(H2,27,31)(H,28,32). The van der Waals surface area contributed by atoms with E-state index in [4.69, 9.17) is 10.5 Å². The van der Waals surface area contributed by atoms with Crippen LogP contribution in [0.5, 0.6) is 0 Å². The summed E-state index contributed by atoms with van der Waals surface area (Å²) in [6, 6.07) is 11.8. The van der Waals surface area contributed by atoms with Gasteiger partial charge in [0.2, 0.25) is 11.8 Å². The molecule has 2 aromatic carbocycles. The molecule has 1 heterocycles. The zero-order chi connectivity index (χ0) is 24.2. The summed E-state index contributed by atoms with van der Waals surface area (Å²) in [6.07, 6.45) is 0.889. The van der Waals surface area contributed by atoms with Crippen LogP contribution in [0.25, 0.3) is 0 Å². The number of nitrogens with one attached hydrogen (secondary N) is 1. The van der Waals surface area contributed by atoms with Crippen molar-refractivity contribution < 1.29 is 23.5 Å². The van der Waals surface area contributed by atoms with Gasteiger partial charge in [-0.25, -0.2) is 9.18 Å². The molecule has 2 aromatic rings. The summed E-state index contributed by atoms with van der Waals surface area (Å²) in [5.41, 5.74) is 6.33. The van der Waals surface area contributed by atoms with E-state index in [0.717, 1.165) is 18.4 Å². The van der Waals surface area contributed by atoms with E-state index < -0.39 is 23.6 Å². The maximum atomic E-state index is 13.8. The highest BCUT2D eigenvalue weighted by molar-refractivity contribution is 5.92. The van der Waals surface area contributed by atoms with E-state index in [-0.39, 0.29) is 24.2 Å². The number of rotatable bonds is 6. The molecule has 0 spiro atoms. The number of amides is 3. The van der Waals surface area contributed by atoms with E-state index in [1.165, 1.54) is 12.1 Å². The Balaban J connectivity index is 1.81. The van der Waals surface area contributed by atoms with E-state index in [1.54, 1.807) is 56.0 Å². The Kier molecular flexibility index (Phi) is 7.36. The van der Waals surface area contributed by atoms with Gasteiger partial charge in [-0.3, -0.25) is 9.59 Å². The Morgan fingerprint density at radius 2 is 1.88 bits per heavy atom. The van der Waals surface area contributed by atoms with Crippen LogP contribution in [0, 0.1) is 5.82 Å². The molecule has 7 nitrogen and oxygen atoms in total. The SMILES string of the molecule is CC(C)(C)OC(=O)NC(CC(=O)N1CCCC1c1cccc(F)c1)c1ccc(C(N)=O)cc1. The second-order valence-corrected chi connectivity index (χ2v) is 9.19. The molecule has 33 heavy (non-hydrogen) atoms. The van der Waals surface area contributed by atoms with Crippen molar-refractivity contribution in [3.8, 4) is 0 Å². The number of halogens is 1. The molecule has 1 aliphatic rings. The Morgan fingerprint density at radius 1 is 1.18 bits per heavy atom. The number of alkyl carbamates (subject to hydrolysis) is 1. The molecule has 0 bridgehead atoms. The Bertz CT molecular complexity index is 1020. The number of hydrogen-bond acceptors (Lipinski definition) is 4. The van der Waals surface area contributed by atoms with Gasteiger partial charge in [0.05, 0.1) is 18.5 Å². The minimum atomic E-state index is -0.702. The summed E-state index contributed by atoms with van der Waals surface area (Å²) in [5, 5.41) is 2.77. The van der Waals surface area contributed by atoms with Crippen LogP contribution in [-0.4, -0.2) is 35.0 Å². The molecule has 0 aromatic heterocycles. The Labute approximate surface area is 193 Å². The molecule has 0 saturated carbocycles. The molecule has 0 aliphatic carbocycles. The molecule has 1 saturated heterocycles. The molecule has 176 valence electrons. The lowest BCUT2D eigenvalue weighted by atomic mass is 10.00. The van der Waals surface area contributed by atoms with Crippen molar-refractivity contribution >= 4 is 17.9 Å². The summed E-state index contributed by atoms with van der Waals surface area (Å²) in [7, 11) is 0. The predicted octanol–water partition coefficient (Wildman–Crippen LogP) is 4.24. The smallest absolute Gasteiger partial charge is 0.408 e. The zero-order valence-corrected chi connectivity index (χ0v) is 19.1. The van der Waals surface area contributed by atoms with Gasteiger partial charge in [-0.05, 0) is 69.0 Å². The van der Waals surface area contributed by atoms with Gasteiger partial charge in [0.15, 0.2) is 0 Å². The lowest BCUT2D eigenvalue weighted by molar-refractivity contribution is -0.132. The number of benzene rings is 2. The molecule has 2 atom stereocenters. The van der Waals surface area contributed by atoms with Crippen molar-refractivity contribution in [2.24, 2.45) is 5.73 Å². The fourth-order valence-corrected chi connectivity index (χ4v) is 4.00.